The van der Waals surface area contributed by atoms with Gasteiger partial charge < -0.3 is 15.4 Å². The van der Waals surface area contributed by atoms with Crippen molar-refractivity contribution in [3.8, 4) is 0 Å². The van der Waals surface area contributed by atoms with Crippen LogP contribution in [0.3, 0.4) is 0 Å². The van der Waals surface area contributed by atoms with Crippen LogP contribution in [0.4, 0.5) is 24.5 Å². The number of alkyl halides is 3. The highest BCUT2D eigenvalue weighted by Gasteiger charge is 2.33. The van der Waals surface area contributed by atoms with E-state index in [1.165, 1.54) is 18.2 Å². The average Bonchev–Trinajstić information content (AvgIpc) is 2.69. The summed E-state index contributed by atoms with van der Waals surface area (Å²) in [6.07, 6.45) is -3.23. The summed E-state index contributed by atoms with van der Waals surface area (Å²) in [6.45, 7) is 2.13. The zero-order valence-corrected chi connectivity index (χ0v) is 16.6. The highest BCUT2D eigenvalue weighted by atomic mass is 35.5. The van der Waals surface area contributed by atoms with Gasteiger partial charge in [-0.25, -0.2) is 4.79 Å². The van der Waals surface area contributed by atoms with Gasteiger partial charge in [-0.3, -0.25) is 9.59 Å². The fourth-order valence-corrected chi connectivity index (χ4v) is 2.57. The number of carbonyl (C=O) groups is 3. The molecule has 10 heteroatoms. The van der Waals surface area contributed by atoms with Crippen LogP contribution in [0.5, 0.6) is 0 Å². The Labute approximate surface area is 175 Å². The number of esters is 1. The molecular formula is C20H18ClF3N2O4. The summed E-state index contributed by atoms with van der Waals surface area (Å²) in [7, 11) is 0. The van der Waals surface area contributed by atoms with E-state index in [0.717, 1.165) is 18.6 Å². The van der Waals surface area contributed by atoms with Crippen LogP contribution in [-0.2, 0) is 20.5 Å². The number of rotatable bonds is 6. The molecule has 6 nitrogen and oxygen atoms in total. The smallest absolute Gasteiger partial charge is 0.417 e. The Bertz CT molecular complexity index is 948. The van der Waals surface area contributed by atoms with Gasteiger partial charge in [-0.05, 0) is 36.8 Å². The summed E-state index contributed by atoms with van der Waals surface area (Å²) in [5.41, 5.74) is -1.34. The number of halogens is 4. The predicted octanol–water partition coefficient (Wildman–Crippen LogP) is 4.89. The van der Waals surface area contributed by atoms with Crippen LogP contribution in [0, 0.1) is 0 Å². The van der Waals surface area contributed by atoms with Gasteiger partial charge in [0.05, 0.1) is 28.4 Å². The molecule has 0 fully saturated rings. The minimum absolute atomic E-state index is 0.0336. The topological polar surface area (TPSA) is 84.5 Å². The summed E-state index contributed by atoms with van der Waals surface area (Å²) < 4.78 is 43.9. The van der Waals surface area contributed by atoms with Crippen molar-refractivity contribution in [3.05, 3.63) is 58.6 Å². The van der Waals surface area contributed by atoms with Crippen molar-refractivity contribution in [2.75, 3.05) is 17.2 Å². The second-order valence-electron chi connectivity index (χ2n) is 6.14. The van der Waals surface area contributed by atoms with Crippen molar-refractivity contribution in [2.24, 2.45) is 0 Å². The lowest BCUT2D eigenvalue weighted by molar-refractivity contribution is -0.137. The molecule has 2 N–H and O–H groups in total. The molecule has 30 heavy (non-hydrogen) atoms. The van der Waals surface area contributed by atoms with E-state index < -0.39 is 34.5 Å². The Morgan fingerprint density at radius 2 is 1.70 bits per heavy atom. The molecule has 0 heterocycles. The normalized spacial score (nSPS) is 11.0. The molecule has 0 aliphatic carbocycles. The number of hydrogen-bond acceptors (Lipinski definition) is 4. The van der Waals surface area contributed by atoms with Gasteiger partial charge in [-0.1, -0.05) is 37.1 Å². The summed E-state index contributed by atoms with van der Waals surface area (Å²) in [5.74, 6) is -3.07. The average molecular weight is 443 g/mol. The molecule has 160 valence electrons. The van der Waals surface area contributed by atoms with Gasteiger partial charge in [0.15, 0.2) is 0 Å². The Morgan fingerprint density at radius 1 is 1.03 bits per heavy atom. The van der Waals surface area contributed by atoms with Crippen molar-refractivity contribution in [3.63, 3.8) is 0 Å². The molecule has 0 spiro atoms. The third-order valence-corrected chi connectivity index (χ3v) is 4.19. The Hall–Kier alpha value is -3.07. The largest absolute Gasteiger partial charge is 0.462 e. The van der Waals surface area contributed by atoms with Gasteiger partial charge in [-0.2, -0.15) is 13.2 Å². The molecule has 0 atom stereocenters. The first-order valence-corrected chi connectivity index (χ1v) is 9.26. The van der Waals surface area contributed by atoms with Gasteiger partial charge in [0.25, 0.3) is 0 Å². The van der Waals surface area contributed by atoms with Crippen LogP contribution >= 0.6 is 11.6 Å². The van der Waals surface area contributed by atoms with Crippen molar-refractivity contribution < 1.29 is 32.3 Å². The van der Waals surface area contributed by atoms with Gasteiger partial charge >= 0.3 is 24.0 Å². The third-order valence-electron chi connectivity index (χ3n) is 3.86. The standard InChI is InChI=1S/C20H18ClF3N2O4/c1-2-3-10-30-19(29)13-6-4-5-7-16(13)26-18(28)17(27)25-12-8-9-15(21)14(11-12)20(22,23)24/h4-9,11H,2-3,10H2,1H3,(H,25,27)(H,26,28). The maximum Gasteiger partial charge on any atom is 0.417 e. The van der Waals surface area contributed by atoms with Crippen molar-refractivity contribution >= 4 is 40.8 Å². The molecule has 0 aliphatic rings. The molecule has 0 saturated carbocycles. The molecule has 0 aromatic heterocycles. The maximum absolute atomic E-state index is 12.9. The second-order valence-corrected chi connectivity index (χ2v) is 6.54. The van der Waals surface area contributed by atoms with Crippen LogP contribution in [0.25, 0.3) is 0 Å². The van der Waals surface area contributed by atoms with Crippen LogP contribution in [0.1, 0.15) is 35.7 Å². The first-order valence-electron chi connectivity index (χ1n) is 8.88. The first kappa shape index (κ1) is 23.2. The SMILES string of the molecule is CCCCOC(=O)c1ccccc1NC(=O)C(=O)Nc1ccc(Cl)c(C(F)(F)F)c1. The number of nitrogens with one attached hydrogen (secondary N) is 2. The van der Waals surface area contributed by atoms with Crippen molar-refractivity contribution in [1.82, 2.24) is 0 Å². The quantitative estimate of drug-likeness (QED) is 0.379. The Balaban J connectivity index is 2.10. The lowest BCUT2D eigenvalue weighted by atomic mass is 10.1. The number of carbonyl (C=O) groups excluding carboxylic acids is 3. The van der Waals surface area contributed by atoms with E-state index in [1.54, 1.807) is 6.07 Å². The molecule has 0 unspecified atom stereocenters. The molecule has 0 aliphatic heterocycles. The van der Waals surface area contributed by atoms with Gasteiger partial charge in [0, 0.05) is 5.69 Å². The van der Waals surface area contributed by atoms with E-state index in [1.807, 2.05) is 6.92 Å². The third kappa shape index (κ3) is 6.21. The van der Waals surface area contributed by atoms with Crippen LogP contribution in [0.15, 0.2) is 42.5 Å². The molecule has 2 rings (SSSR count). The van der Waals surface area contributed by atoms with Crippen molar-refractivity contribution in [1.29, 1.82) is 0 Å². The molecule has 0 saturated heterocycles. The van der Waals surface area contributed by atoms with Crippen LogP contribution < -0.4 is 10.6 Å². The van der Waals surface area contributed by atoms with Gasteiger partial charge in [0.2, 0.25) is 0 Å². The minimum atomic E-state index is -4.73. The summed E-state index contributed by atoms with van der Waals surface area (Å²) >= 11 is 5.52. The molecule has 0 radical (unpaired) electrons. The molecular weight excluding hydrogens is 425 g/mol. The van der Waals surface area contributed by atoms with Gasteiger partial charge in [0.1, 0.15) is 0 Å². The fourth-order valence-electron chi connectivity index (χ4n) is 2.34. The number of ether oxygens (including phenoxy) is 1. The van der Waals surface area contributed by atoms with Crippen molar-refractivity contribution in [2.45, 2.75) is 25.9 Å². The molecule has 2 amide bonds. The van der Waals surface area contributed by atoms with Crippen LogP contribution in [0.2, 0.25) is 5.02 Å². The number of hydrogen-bond donors (Lipinski definition) is 2. The molecule has 2 aromatic carbocycles. The predicted molar refractivity (Wildman–Crippen MR) is 105 cm³/mol. The summed E-state index contributed by atoms with van der Waals surface area (Å²) in [4.78, 5) is 36.4. The summed E-state index contributed by atoms with van der Waals surface area (Å²) in [6, 6.07) is 8.60. The number of unbranched alkanes of at least 4 members (excludes halogenated alkanes) is 1. The highest BCUT2D eigenvalue weighted by Crippen LogP contribution is 2.36. The lowest BCUT2D eigenvalue weighted by Crippen LogP contribution is -2.30. The van der Waals surface area contributed by atoms with Gasteiger partial charge in [-0.15, -0.1) is 0 Å². The van der Waals surface area contributed by atoms with Crippen LogP contribution in [-0.4, -0.2) is 24.4 Å². The highest BCUT2D eigenvalue weighted by molar-refractivity contribution is 6.44. The first-order chi connectivity index (χ1) is 14.1. The fraction of sp³-hybridized carbons (Fsp3) is 0.250. The minimum Gasteiger partial charge on any atom is -0.462 e. The lowest BCUT2D eigenvalue weighted by Gasteiger charge is -2.13. The Kier molecular flexibility index (Phi) is 7.82. The van der Waals surface area contributed by atoms with E-state index in [0.29, 0.717) is 12.5 Å². The zero-order valence-electron chi connectivity index (χ0n) is 15.8. The number of amides is 2. The number of para-hydroxylation sites is 1. The summed E-state index contributed by atoms with van der Waals surface area (Å²) in [5, 5.41) is 3.78. The van der Waals surface area contributed by atoms with E-state index in [9.17, 15) is 27.6 Å². The second kappa shape index (κ2) is 10.1. The zero-order chi connectivity index (χ0) is 22.3. The van der Waals surface area contributed by atoms with E-state index >= 15 is 0 Å². The molecule has 0 bridgehead atoms. The number of anilines is 2. The molecule has 2 aromatic rings. The number of benzene rings is 2. The Morgan fingerprint density at radius 3 is 2.37 bits per heavy atom. The van der Waals surface area contributed by atoms with E-state index in [2.05, 4.69) is 10.6 Å². The monoisotopic (exact) mass is 442 g/mol. The van der Waals surface area contributed by atoms with E-state index in [-0.39, 0.29) is 23.5 Å². The maximum atomic E-state index is 12.9. The van der Waals surface area contributed by atoms with E-state index in [4.69, 9.17) is 16.3 Å².